The molecule has 19 heavy (non-hydrogen) atoms. The smallest absolute Gasteiger partial charge is 0.0847 e. The summed E-state index contributed by atoms with van der Waals surface area (Å²) >= 11 is 13.3. The first-order valence-electron chi connectivity index (χ1n) is 5.78. The molecule has 1 aromatic heterocycles. The Morgan fingerprint density at radius 3 is 2.68 bits per heavy atom. The maximum Gasteiger partial charge on any atom is 0.0847 e. The summed E-state index contributed by atoms with van der Waals surface area (Å²) in [6.07, 6.45) is 0.644. The second-order valence-electron chi connectivity index (χ2n) is 4.45. The number of rotatable bonds is 3. The van der Waals surface area contributed by atoms with E-state index < -0.39 is 0 Å². The van der Waals surface area contributed by atoms with E-state index in [1.54, 1.807) is 4.68 Å². The van der Waals surface area contributed by atoms with Gasteiger partial charge in [-0.15, -0.1) is 0 Å². The van der Waals surface area contributed by atoms with E-state index in [-0.39, 0.29) is 6.04 Å². The Hall–Kier alpha value is -0.360. The fraction of sp³-hybridized carbons (Fsp3) is 0.308. The fourth-order valence-electron chi connectivity index (χ4n) is 2.02. The summed E-state index contributed by atoms with van der Waals surface area (Å²) in [5.74, 6) is 0. The number of aryl methyl sites for hydroxylation is 2. The van der Waals surface area contributed by atoms with Crippen LogP contribution in [-0.2, 0) is 13.5 Å². The molecule has 0 bridgehead atoms. The zero-order chi connectivity index (χ0) is 14.2. The Bertz CT molecular complexity index is 610. The van der Waals surface area contributed by atoms with Crippen molar-refractivity contribution in [3.8, 4) is 0 Å². The Morgan fingerprint density at radius 2 is 2.11 bits per heavy atom. The SMILES string of the molecule is Cc1nn(C)c(CC(N)c2cc(Br)ccc2Br)c1Cl. The van der Waals surface area contributed by atoms with Crippen LogP contribution >= 0.6 is 43.5 Å². The van der Waals surface area contributed by atoms with Gasteiger partial charge in [0.15, 0.2) is 0 Å². The summed E-state index contributed by atoms with van der Waals surface area (Å²) in [4.78, 5) is 0. The van der Waals surface area contributed by atoms with E-state index in [4.69, 9.17) is 17.3 Å². The molecule has 0 saturated heterocycles. The van der Waals surface area contributed by atoms with Crippen molar-refractivity contribution in [3.05, 3.63) is 49.1 Å². The topological polar surface area (TPSA) is 43.8 Å². The molecule has 2 aromatic rings. The number of aromatic nitrogens is 2. The minimum absolute atomic E-state index is 0.140. The van der Waals surface area contributed by atoms with E-state index in [0.717, 1.165) is 25.9 Å². The van der Waals surface area contributed by atoms with Crippen molar-refractivity contribution >= 4 is 43.5 Å². The van der Waals surface area contributed by atoms with Gasteiger partial charge in [0.2, 0.25) is 0 Å². The van der Waals surface area contributed by atoms with Crippen molar-refractivity contribution in [2.45, 2.75) is 19.4 Å². The van der Waals surface area contributed by atoms with Gasteiger partial charge in [-0.25, -0.2) is 0 Å². The van der Waals surface area contributed by atoms with Gasteiger partial charge in [0.1, 0.15) is 0 Å². The third-order valence-corrected chi connectivity index (χ3v) is 4.74. The Labute approximate surface area is 134 Å². The van der Waals surface area contributed by atoms with Crippen molar-refractivity contribution in [1.29, 1.82) is 0 Å². The highest BCUT2D eigenvalue weighted by molar-refractivity contribution is 9.11. The molecule has 0 radical (unpaired) electrons. The lowest BCUT2D eigenvalue weighted by Crippen LogP contribution is -2.16. The standard InChI is InChI=1S/C13H14Br2ClN3/c1-7-13(16)12(19(2)18-7)6-11(17)9-5-8(14)3-4-10(9)15/h3-5,11H,6,17H2,1-2H3. The Balaban J connectivity index is 2.30. The summed E-state index contributed by atoms with van der Waals surface area (Å²) in [5, 5.41) is 5.00. The van der Waals surface area contributed by atoms with Gasteiger partial charge in [-0.1, -0.05) is 43.5 Å². The van der Waals surface area contributed by atoms with Crippen LogP contribution in [0.5, 0.6) is 0 Å². The molecule has 102 valence electrons. The van der Waals surface area contributed by atoms with Crippen LogP contribution in [-0.4, -0.2) is 9.78 Å². The quantitative estimate of drug-likeness (QED) is 0.831. The maximum atomic E-state index is 6.29. The molecule has 2 rings (SSSR count). The van der Waals surface area contributed by atoms with Gasteiger partial charge in [0, 0.05) is 28.5 Å². The van der Waals surface area contributed by atoms with Crippen LogP contribution < -0.4 is 5.73 Å². The van der Waals surface area contributed by atoms with Gasteiger partial charge in [-0.3, -0.25) is 4.68 Å². The number of benzene rings is 1. The third kappa shape index (κ3) is 3.21. The van der Waals surface area contributed by atoms with Crippen LogP contribution in [0.15, 0.2) is 27.1 Å². The lowest BCUT2D eigenvalue weighted by molar-refractivity contribution is 0.638. The minimum Gasteiger partial charge on any atom is -0.324 e. The van der Waals surface area contributed by atoms with Crippen LogP contribution in [0.1, 0.15) is 23.0 Å². The van der Waals surface area contributed by atoms with E-state index in [2.05, 4.69) is 37.0 Å². The average Bonchev–Trinajstić information content (AvgIpc) is 2.59. The molecule has 0 aliphatic heterocycles. The minimum atomic E-state index is -0.140. The average molecular weight is 408 g/mol. The molecular formula is C13H14Br2ClN3. The van der Waals surface area contributed by atoms with E-state index in [0.29, 0.717) is 11.4 Å². The summed E-state index contributed by atoms with van der Waals surface area (Å²) in [6, 6.07) is 5.84. The molecule has 0 saturated carbocycles. The number of halogens is 3. The molecular weight excluding hydrogens is 393 g/mol. The second kappa shape index (κ2) is 5.95. The number of nitrogens with two attached hydrogens (primary N) is 1. The monoisotopic (exact) mass is 405 g/mol. The summed E-state index contributed by atoms with van der Waals surface area (Å²) in [6.45, 7) is 1.90. The lowest BCUT2D eigenvalue weighted by Gasteiger charge is -2.15. The summed E-state index contributed by atoms with van der Waals surface area (Å²) in [5.41, 5.74) is 9.13. The highest BCUT2D eigenvalue weighted by Gasteiger charge is 2.17. The predicted octanol–water partition coefficient (Wildman–Crippen LogP) is 4.15. The number of hydrogen-bond donors (Lipinski definition) is 1. The molecule has 1 aromatic carbocycles. The first-order valence-corrected chi connectivity index (χ1v) is 7.75. The third-order valence-electron chi connectivity index (χ3n) is 3.03. The van der Waals surface area contributed by atoms with Crippen molar-refractivity contribution in [1.82, 2.24) is 9.78 Å². The predicted molar refractivity (Wildman–Crippen MR) is 85.4 cm³/mol. The van der Waals surface area contributed by atoms with Crippen LogP contribution in [0.3, 0.4) is 0 Å². The Kier molecular flexibility index (Phi) is 4.71. The summed E-state index contributed by atoms with van der Waals surface area (Å²) in [7, 11) is 1.89. The van der Waals surface area contributed by atoms with Gasteiger partial charge < -0.3 is 5.73 Å². The molecule has 0 fully saturated rings. The molecule has 0 aliphatic rings. The maximum absolute atomic E-state index is 6.29. The zero-order valence-corrected chi connectivity index (χ0v) is 14.6. The zero-order valence-electron chi connectivity index (χ0n) is 10.6. The van der Waals surface area contributed by atoms with Gasteiger partial charge >= 0.3 is 0 Å². The van der Waals surface area contributed by atoms with Crippen LogP contribution in [0.25, 0.3) is 0 Å². The van der Waals surface area contributed by atoms with Crippen LogP contribution in [0.4, 0.5) is 0 Å². The lowest BCUT2D eigenvalue weighted by atomic mass is 10.0. The van der Waals surface area contributed by atoms with Crippen molar-refractivity contribution < 1.29 is 0 Å². The van der Waals surface area contributed by atoms with Crippen molar-refractivity contribution in [2.24, 2.45) is 12.8 Å². The van der Waals surface area contributed by atoms with Crippen molar-refractivity contribution in [3.63, 3.8) is 0 Å². The van der Waals surface area contributed by atoms with Crippen LogP contribution in [0.2, 0.25) is 5.02 Å². The largest absolute Gasteiger partial charge is 0.324 e. The molecule has 0 amide bonds. The number of nitrogens with zero attached hydrogens (tertiary/aromatic N) is 2. The van der Waals surface area contributed by atoms with Gasteiger partial charge in [-0.2, -0.15) is 5.10 Å². The Morgan fingerprint density at radius 1 is 1.42 bits per heavy atom. The van der Waals surface area contributed by atoms with E-state index in [1.807, 2.05) is 32.2 Å². The second-order valence-corrected chi connectivity index (χ2v) is 6.59. The van der Waals surface area contributed by atoms with E-state index >= 15 is 0 Å². The fourth-order valence-corrected chi connectivity index (χ4v) is 3.18. The van der Waals surface area contributed by atoms with Crippen LogP contribution in [0, 0.1) is 6.92 Å². The number of hydrogen-bond acceptors (Lipinski definition) is 2. The van der Waals surface area contributed by atoms with Gasteiger partial charge in [-0.05, 0) is 30.7 Å². The first-order chi connectivity index (χ1) is 8.90. The molecule has 6 heteroatoms. The van der Waals surface area contributed by atoms with Gasteiger partial charge in [0.05, 0.1) is 16.4 Å². The molecule has 0 aliphatic carbocycles. The van der Waals surface area contributed by atoms with E-state index in [9.17, 15) is 0 Å². The molecule has 0 spiro atoms. The van der Waals surface area contributed by atoms with E-state index in [1.165, 1.54) is 0 Å². The van der Waals surface area contributed by atoms with Crippen molar-refractivity contribution in [2.75, 3.05) is 0 Å². The van der Waals surface area contributed by atoms with Gasteiger partial charge in [0.25, 0.3) is 0 Å². The normalized spacial score (nSPS) is 12.7. The molecule has 1 heterocycles. The first kappa shape index (κ1) is 15.0. The molecule has 1 unspecified atom stereocenters. The highest BCUT2D eigenvalue weighted by atomic mass is 79.9. The molecule has 1 atom stereocenters. The highest BCUT2D eigenvalue weighted by Crippen LogP contribution is 2.30. The molecule has 3 nitrogen and oxygen atoms in total. The summed E-state index contributed by atoms with van der Waals surface area (Å²) < 4.78 is 3.80. The molecule has 2 N–H and O–H groups in total.